The molecule has 1 aliphatic rings. The SMILES string of the molecule is CNc1cn2ccnc2c(OCC2CC=CCC2C)n1. The van der Waals surface area contributed by atoms with E-state index in [-0.39, 0.29) is 0 Å². The van der Waals surface area contributed by atoms with Crippen molar-refractivity contribution >= 4 is 11.5 Å². The van der Waals surface area contributed by atoms with Gasteiger partial charge in [-0.15, -0.1) is 0 Å². The highest BCUT2D eigenvalue weighted by Gasteiger charge is 2.20. The lowest BCUT2D eigenvalue weighted by Gasteiger charge is -2.25. The second-order valence-electron chi connectivity index (χ2n) is 5.33. The molecule has 0 saturated heterocycles. The van der Waals surface area contributed by atoms with E-state index in [9.17, 15) is 0 Å². The van der Waals surface area contributed by atoms with E-state index in [4.69, 9.17) is 4.74 Å². The number of hydrogen-bond donors (Lipinski definition) is 1. The summed E-state index contributed by atoms with van der Waals surface area (Å²) in [4.78, 5) is 8.78. The number of anilines is 1. The van der Waals surface area contributed by atoms with Crippen LogP contribution in [0, 0.1) is 11.8 Å². The average Bonchev–Trinajstić information content (AvgIpc) is 2.94. The number of aromatic nitrogens is 3. The van der Waals surface area contributed by atoms with Crippen molar-refractivity contribution < 1.29 is 4.74 Å². The minimum Gasteiger partial charge on any atom is -0.475 e. The lowest BCUT2D eigenvalue weighted by molar-refractivity contribution is 0.194. The number of rotatable bonds is 4. The Morgan fingerprint density at radius 1 is 1.40 bits per heavy atom. The third kappa shape index (κ3) is 2.48. The Balaban J connectivity index is 1.79. The van der Waals surface area contributed by atoms with Gasteiger partial charge >= 0.3 is 0 Å². The molecule has 2 aromatic heterocycles. The minimum atomic E-state index is 0.551. The largest absolute Gasteiger partial charge is 0.475 e. The Labute approximate surface area is 118 Å². The Morgan fingerprint density at radius 3 is 3.05 bits per heavy atom. The number of hydrogen-bond acceptors (Lipinski definition) is 4. The van der Waals surface area contributed by atoms with Crippen LogP contribution in [-0.4, -0.2) is 28.0 Å². The van der Waals surface area contributed by atoms with Gasteiger partial charge in [-0.05, 0) is 24.7 Å². The molecule has 1 N–H and O–H groups in total. The zero-order valence-corrected chi connectivity index (χ0v) is 11.9. The van der Waals surface area contributed by atoms with Crippen molar-refractivity contribution in [1.82, 2.24) is 14.4 Å². The van der Waals surface area contributed by atoms with E-state index in [2.05, 4.69) is 34.4 Å². The number of nitrogens with one attached hydrogen (secondary N) is 1. The van der Waals surface area contributed by atoms with Gasteiger partial charge in [-0.2, -0.15) is 4.98 Å². The van der Waals surface area contributed by atoms with Gasteiger partial charge in [-0.1, -0.05) is 19.1 Å². The summed E-state index contributed by atoms with van der Waals surface area (Å²) in [5, 5.41) is 3.05. The van der Waals surface area contributed by atoms with Crippen LogP contribution in [0.5, 0.6) is 5.88 Å². The summed E-state index contributed by atoms with van der Waals surface area (Å²) in [7, 11) is 1.85. The topological polar surface area (TPSA) is 51.5 Å². The van der Waals surface area contributed by atoms with Crippen LogP contribution in [0.3, 0.4) is 0 Å². The fraction of sp³-hybridized carbons (Fsp3) is 0.467. The van der Waals surface area contributed by atoms with Crippen molar-refractivity contribution in [1.29, 1.82) is 0 Å². The first-order valence-corrected chi connectivity index (χ1v) is 7.07. The predicted molar refractivity (Wildman–Crippen MR) is 79.1 cm³/mol. The zero-order chi connectivity index (χ0) is 13.9. The highest BCUT2D eigenvalue weighted by molar-refractivity contribution is 5.53. The van der Waals surface area contributed by atoms with E-state index in [1.807, 2.05) is 23.8 Å². The summed E-state index contributed by atoms with van der Waals surface area (Å²) in [6.45, 7) is 2.97. The van der Waals surface area contributed by atoms with E-state index >= 15 is 0 Å². The molecule has 2 heterocycles. The molecule has 0 amide bonds. The van der Waals surface area contributed by atoms with Gasteiger partial charge in [0.1, 0.15) is 5.82 Å². The Morgan fingerprint density at radius 2 is 2.25 bits per heavy atom. The van der Waals surface area contributed by atoms with Crippen molar-refractivity contribution in [2.24, 2.45) is 11.8 Å². The van der Waals surface area contributed by atoms with Gasteiger partial charge in [-0.25, -0.2) is 4.98 Å². The second-order valence-corrected chi connectivity index (χ2v) is 5.33. The first-order chi connectivity index (χ1) is 9.78. The highest BCUT2D eigenvalue weighted by atomic mass is 16.5. The molecule has 0 radical (unpaired) electrons. The molecule has 20 heavy (non-hydrogen) atoms. The van der Waals surface area contributed by atoms with E-state index in [1.165, 1.54) is 0 Å². The average molecular weight is 272 g/mol. The molecule has 0 bridgehead atoms. The number of fused-ring (bicyclic) bond motifs is 1. The monoisotopic (exact) mass is 272 g/mol. The van der Waals surface area contributed by atoms with Gasteiger partial charge in [0.2, 0.25) is 5.65 Å². The number of imidazole rings is 1. The van der Waals surface area contributed by atoms with Crippen LogP contribution in [0.2, 0.25) is 0 Å². The molecule has 3 rings (SSSR count). The summed E-state index contributed by atoms with van der Waals surface area (Å²) < 4.78 is 7.89. The molecule has 0 fully saturated rings. The summed E-state index contributed by atoms with van der Waals surface area (Å²) in [6.07, 6.45) is 12.3. The van der Waals surface area contributed by atoms with Gasteiger partial charge in [0.05, 0.1) is 12.8 Å². The van der Waals surface area contributed by atoms with E-state index in [1.54, 1.807) is 6.20 Å². The van der Waals surface area contributed by atoms with Crippen molar-refractivity contribution in [3.63, 3.8) is 0 Å². The predicted octanol–water partition coefficient (Wildman–Crippen LogP) is 2.75. The van der Waals surface area contributed by atoms with Gasteiger partial charge < -0.3 is 10.1 Å². The molecule has 0 aromatic carbocycles. The molecule has 0 spiro atoms. The maximum Gasteiger partial charge on any atom is 0.260 e. The standard InChI is InChI=1S/C15H20N4O/c1-11-5-3-4-6-12(11)10-20-15-14-17-7-8-19(14)9-13(16-2)18-15/h3-4,7-9,11-12,16H,5-6,10H2,1-2H3. The van der Waals surface area contributed by atoms with Crippen LogP contribution < -0.4 is 10.1 Å². The molecule has 0 aliphatic heterocycles. The summed E-state index contributed by atoms with van der Waals surface area (Å²) >= 11 is 0. The fourth-order valence-corrected chi connectivity index (χ4v) is 2.55. The molecule has 2 aromatic rings. The van der Waals surface area contributed by atoms with Gasteiger partial charge in [0, 0.05) is 19.4 Å². The van der Waals surface area contributed by atoms with Crippen LogP contribution in [-0.2, 0) is 0 Å². The maximum absolute atomic E-state index is 5.96. The molecular formula is C15H20N4O. The van der Waals surface area contributed by atoms with E-state index < -0.39 is 0 Å². The summed E-state index contributed by atoms with van der Waals surface area (Å²) in [5.41, 5.74) is 0.767. The van der Waals surface area contributed by atoms with Crippen LogP contribution >= 0.6 is 0 Å². The smallest absolute Gasteiger partial charge is 0.260 e. The van der Waals surface area contributed by atoms with E-state index in [0.29, 0.717) is 24.3 Å². The molecule has 2 unspecified atom stereocenters. The van der Waals surface area contributed by atoms with E-state index in [0.717, 1.165) is 24.3 Å². The molecule has 106 valence electrons. The third-order valence-corrected chi connectivity index (χ3v) is 3.95. The number of ether oxygens (including phenoxy) is 1. The quantitative estimate of drug-likeness (QED) is 0.870. The van der Waals surface area contributed by atoms with Gasteiger partial charge in [0.15, 0.2) is 0 Å². The first-order valence-electron chi connectivity index (χ1n) is 7.07. The number of nitrogens with zero attached hydrogens (tertiary/aromatic N) is 3. The van der Waals surface area contributed by atoms with Gasteiger partial charge in [-0.3, -0.25) is 4.40 Å². The normalized spacial score (nSPS) is 22.1. The van der Waals surface area contributed by atoms with Crippen molar-refractivity contribution in [3.8, 4) is 5.88 Å². The van der Waals surface area contributed by atoms with Gasteiger partial charge in [0.25, 0.3) is 5.88 Å². The molecule has 1 aliphatic carbocycles. The minimum absolute atomic E-state index is 0.551. The van der Waals surface area contributed by atoms with Crippen LogP contribution in [0.4, 0.5) is 5.82 Å². The second kappa shape index (κ2) is 5.53. The Bertz CT molecular complexity index is 619. The summed E-state index contributed by atoms with van der Waals surface area (Å²) in [6, 6.07) is 0. The molecular weight excluding hydrogens is 252 g/mol. The Kier molecular flexibility index (Phi) is 3.58. The highest BCUT2D eigenvalue weighted by Crippen LogP contribution is 2.26. The lowest BCUT2D eigenvalue weighted by Crippen LogP contribution is -2.21. The summed E-state index contributed by atoms with van der Waals surface area (Å²) in [5.74, 6) is 2.59. The van der Waals surface area contributed by atoms with Crippen LogP contribution in [0.25, 0.3) is 5.65 Å². The van der Waals surface area contributed by atoms with Crippen LogP contribution in [0.15, 0.2) is 30.7 Å². The number of allylic oxidation sites excluding steroid dienone is 2. The molecule has 2 atom stereocenters. The van der Waals surface area contributed by atoms with Crippen molar-refractivity contribution in [3.05, 3.63) is 30.7 Å². The molecule has 5 heteroatoms. The van der Waals surface area contributed by atoms with Crippen molar-refractivity contribution in [2.45, 2.75) is 19.8 Å². The Hall–Kier alpha value is -2.04. The third-order valence-electron chi connectivity index (χ3n) is 3.95. The molecule has 0 saturated carbocycles. The first kappa shape index (κ1) is 13.0. The zero-order valence-electron chi connectivity index (χ0n) is 11.9. The van der Waals surface area contributed by atoms with Crippen LogP contribution in [0.1, 0.15) is 19.8 Å². The lowest BCUT2D eigenvalue weighted by atomic mass is 9.85. The maximum atomic E-state index is 5.96. The van der Waals surface area contributed by atoms with Crippen molar-refractivity contribution in [2.75, 3.05) is 19.0 Å². The molecule has 5 nitrogen and oxygen atoms in total. The fourth-order valence-electron chi connectivity index (χ4n) is 2.55.